The Morgan fingerprint density at radius 2 is 2.25 bits per heavy atom. The van der Waals surface area contributed by atoms with Crippen molar-refractivity contribution in [3.63, 3.8) is 0 Å². The average molecular weight is 276 g/mol. The lowest BCUT2D eigenvalue weighted by atomic mass is 9.98. The third-order valence-electron chi connectivity index (χ3n) is 3.69. The molecule has 1 unspecified atom stereocenters. The van der Waals surface area contributed by atoms with Crippen molar-refractivity contribution in [1.82, 2.24) is 9.88 Å². The summed E-state index contributed by atoms with van der Waals surface area (Å²) in [4.78, 5) is 18.5. The van der Waals surface area contributed by atoms with E-state index in [-0.39, 0.29) is 5.91 Å². The Hall–Kier alpha value is -1.42. The molecule has 1 atom stereocenters. The van der Waals surface area contributed by atoms with Gasteiger partial charge in [0.1, 0.15) is 0 Å². The van der Waals surface area contributed by atoms with Crippen LogP contribution in [0, 0.1) is 19.8 Å². The number of aromatic nitrogens is 1. The van der Waals surface area contributed by atoms with Gasteiger partial charge in [-0.05, 0) is 50.3 Å². The SMILES string of the molecule is Cc1cc(C)nc(CN(C)C(=O)CC2CCCOC2)c1. The molecule has 4 nitrogen and oxygen atoms in total. The summed E-state index contributed by atoms with van der Waals surface area (Å²) in [6.07, 6.45) is 2.75. The van der Waals surface area contributed by atoms with Gasteiger partial charge in [0.05, 0.1) is 12.2 Å². The molecular weight excluding hydrogens is 252 g/mol. The van der Waals surface area contributed by atoms with Gasteiger partial charge in [0, 0.05) is 32.4 Å². The summed E-state index contributed by atoms with van der Waals surface area (Å²) in [5, 5.41) is 0. The fourth-order valence-electron chi connectivity index (χ4n) is 2.71. The van der Waals surface area contributed by atoms with E-state index in [9.17, 15) is 4.79 Å². The Morgan fingerprint density at radius 3 is 2.90 bits per heavy atom. The molecule has 1 aliphatic rings. The molecule has 2 heterocycles. The fourth-order valence-corrected chi connectivity index (χ4v) is 2.71. The Kier molecular flexibility index (Phi) is 5.12. The maximum atomic E-state index is 12.2. The zero-order valence-corrected chi connectivity index (χ0v) is 12.7. The van der Waals surface area contributed by atoms with Crippen LogP contribution in [-0.4, -0.2) is 36.1 Å². The molecule has 110 valence electrons. The smallest absolute Gasteiger partial charge is 0.223 e. The highest BCUT2D eigenvalue weighted by Gasteiger charge is 2.20. The van der Waals surface area contributed by atoms with Crippen LogP contribution >= 0.6 is 0 Å². The van der Waals surface area contributed by atoms with Gasteiger partial charge in [0.25, 0.3) is 0 Å². The molecule has 2 rings (SSSR count). The summed E-state index contributed by atoms with van der Waals surface area (Å²) in [7, 11) is 1.85. The Morgan fingerprint density at radius 1 is 1.45 bits per heavy atom. The molecule has 1 aromatic heterocycles. The fraction of sp³-hybridized carbons (Fsp3) is 0.625. The Bertz CT molecular complexity index is 447. The molecule has 0 spiro atoms. The van der Waals surface area contributed by atoms with Gasteiger partial charge in [-0.3, -0.25) is 9.78 Å². The first-order valence-corrected chi connectivity index (χ1v) is 7.30. The number of hydrogen-bond donors (Lipinski definition) is 0. The minimum atomic E-state index is 0.182. The van der Waals surface area contributed by atoms with Gasteiger partial charge in [-0.2, -0.15) is 0 Å². The van der Waals surface area contributed by atoms with Crippen LogP contribution in [0.3, 0.4) is 0 Å². The van der Waals surface area contributed by atoms with Crippen molar-refractivity contribution >= 4 is 5.91 Å². The Balaban J connectivity index is 1.89. The monoisotopic (exact) mass is 276 g/mol. The van der Waals surface area contributed by atoms with Crippen LogP contribution in [0.15, 0.2) is 12.1 Å². The second kappa shape index (κ2) is 6.84. The third kappa shape index (κ3) is 4.30. The summed E-state index contributed by atoms with van der Waals surface area (Å²) < 4.78 is 5.43. The molecule has 20 heavy (non-hydrogen) atoms. The molecule has 0 radical (unpaired) electrons. The average Bonchev–Trinajstić information content (AvgIpc) is 2.38. The van der Waals surface area contributed by atoms with E-state index in [0.29, 0.717) is 18.9 Å². The zero-order valence-electron chi connectivity index (χ0n) is 12.7. The molecule has 0 bridgehead atoms. The van der Waals surface area contributed by atoms with E-state index in [4.69, 9.17) is 4.74 Å². The van der Waals surface area contributed by atoms with Gasteiger partial charge in [-0.15, -0.1) is 0 Å². The first-order chi connectivity index (χ1) is 9.54. The van der Waals surface area contributed by atoms with Crippen LogP contribution in [0.2, 0.25) is 0 Å². The predicted octanol–water partition coefficient (Wildman–Crippen LogP) is 2.47. The summed E-state index contributed by atoms with van der Waals surface area (Å²) in [5.41, 5.74) is 3.15. The normalized spacial score (nSPS) is 18.9. The van der Waals surface area contributed by atoms with Gasteiger partial charge >= 0.3 is 0 Å². The molecule has 0 aromatic carbocycles. The number of carbonyl (C=O) groups is 1. The molecule has 1 fully saturated rings. The highest BCUT2D eigenvalue weighted by molar-refractivity contribution is 5.76. The van der Waals surface area contributed by atoms with Crippen LogP contribution in [0.5, 0.6) is 0 Å². The number of nitrogens with zero attached hydrogens (tertiary/aromatic N) is 2. The number of amides is 1. The van der Waals surface area contributed by atoms with Gasteiger partial charge < -0.3 is 9.64 Å². The molecular formula is C16H24N2O2. The topological polar surface area (TPSA) is 42.4 Å². The second-order valence-electron chi connectivity index (χ2n) is 5.81. The lowest BCUT2D eigenvalue weighted by Crippen LogP contribution is -2.30. The van der Waals surface area contributed by atoms with Crippen molar-refractivity contribution < 1.29 is 9.53 Å². The highest BCUT2D eigenvalue weighted by atomic mass is 16.5. The van der Waals surface area contributed by atoms with E-state index in [0.717, 1.165) is 37.4 Å². The Labute approximate surface area is 121 Å². The van der Waals surface area contributed by atoms with Crippen molar-refractivity contribution in [3.05, 3.63) is 29.1 Å². The highest BCUT2D eigenvalue weighted by Crippen LogP contribution is 2.18. The summed E-state index contributed by atoms with van der Waals surface area (Å²) in [6.45, 7) is 6.18. The zero-order chi connectivity index (χ0) is 14.5. The summed E-state index contributed by atoms with van der Waals surface area (Å²) in [6, 6.07) is 4.09. The lowest BCUT2D eigenvalue weighted by molar-refractivity contribution is -0.132. The largest absolute Gasteiger partial charge is 0.381 e. The molecule has 1 amide bonds. The van der Waals surface area contributed by atoms with Crippen molar-refractivity contribution in [2.45, 2.75) is 39.7 Å². The van der Waals surface area contributed by atoms with Gasteiger partial charge in [-0.25, -0.2) is 0 Å². The number of ether oxygens (including phenoxy) is 1. The van der Waals surface area contributed by atoms with E-state index < -0.39 is 0 Å². The summed E-state index contributed by atoms with van der Waals surface area (Å²) in [5.74, 6) is 0.562. The molecule has 1 saturated heterocycles. The van der Waals surface area contributed by atoms with Crippen molar-refractivity contribution in [2.75, 3.05) is 20.3 Å². The maximum absolute atomic E-state index is 12.2. The minimum Gasteiger partial charge on any atom is -0.381 e. The van der Waals surface area contributed by atoms with Gasteiger partial charge in [0.2, 0.25) is 5.91 Å². The lowest BCUT2D eigenvalue weighted by Gasteiger charge is -2.24. The second-order valence-corrected chi connectivity index (χ2v) is 5.81. The summed E-state index contributed by atoms with van der Waals surface area (Å²) >= 11 is 0. The van der Waals surface area contributed by atoms with Crippen molar-refractivity contribution in [2.24, 2.45) is 5.92 Å². The number of aryl methyl sites for hydroxylation is 2. The van der Waals surface area contributed by atoms with Crippen molar-refractivity contribution in [3.8, 4) is 0 Å². The van der Waals surface area contributed by atoms with Crippen LogP contribution < -0.4 is 0 Å². The van der Waals surface area contributed by atoms with E-state index in [2.05, 4.69) is 11.9 Å². The van der Waals surface area contributed by atoms with Gasteiger partial charge in [-0.1, -0.05) is 0 Å². The van der Waals surface area contributed by atoms with E-state index in [1.54, 1.807) is 4.90 Å². The number of rotatable bonds is 4. The standard InChI is InChI=1S/C16H24N2O2/c1-12-7-13(2)17-15(8-12)10-18(3)16(19)9-14-5-4-6-20-11-14/h7-8,14H,4-6,9-11H2,1-3H3. The van der Waals surface area contributed by atoms with E-state index in [1.807, 2.05) is 26.1 Å². The predicted molar refractivity (Wildman–Crippen MR) is 78.3 cm³/mol. The first-order valence-electron chi connectivity index (χ1n) is 7.30. The third-order valence-corrected chi connectivity index (χ3v) is 3.69. The first kappa shape index (κ1) is 15.0. The quantitative estimate of drug-likeness (QED) is 0.848. The molecule has 4 heteroatoms. The minimum absolute atomic E-state index is 0.182. The number of hydrogen-bond acceptors (Lipinski definition) is 3. The van der Waals surface area contributed by atoms with Crippen molar-refractivity contribution in [1.29, 1.82) is 0 Å². The maximum Gasteiger partial charge on any atom is 0.223 e. The molecule has 1 aliphatic heterocycles. The molecule has 0 aliphatic carbocycles. The van der Waals surface area contributed by atoms with Crippen LogP contribution in [0.4, 0.5) is 0 Å². The van der Waals surface area contributed by atoms with Crippen LogP contribution in [-0.2, 0) is 16.1 Å². The number of pyridine rings is 1. The van der Waals surface area contributed by atoms with Crippen LogP contribution in [0.1, 0.15) is 36.2 Å². The molecule has 0 N–H and O–H groups in total. The molecule has 1 aromatic rings. The number of carbonyl (C=O) groups excluding carboxylic acids is 1. The van der Waals surface area contributed by atoms with Gasteiger partial charge in [0.15, 0.2) is 0 Å². The molecule has 0 saturated carbocycles. The van der Waals surface area contributed by atoms with Crippen LogP contribution in [0.25, 0.3) is 0 Å². The van der Waals surface area contributed by atoms with E-state index in [1.165, 1.54) is 5.56 Å². The van der Waals surface area contributed by atoms with E-state index >= 15 is 0 Å².